The molecular formula is C26H29N3O4S. The number of carbonyl (C=O) groups excluding carboxylic acids is 1. The number of amides is 1. The van der Waals surface area contributed by atoms with Crippen LogP contribution in [0.1, 0.15) is 47.8 Å². The number of benzene rings is 2. The van der Waals surface area contributed by atoms with Gasteiger partial charge in [0.25, 0.3) is 5.91 Å². The zero-order valence-corrected chi connectivity index (χ0v) is 20.0. The van der Waals surface area contributed by atoms with E-state index in [1.54, 1.807) is 28.7 Å². The highest BCUT2D eigenvalue weighted by Gasteiger charge is 2.31. The first-order chi connectivity index (χ1) is 16.4. The first-order valence-corrected chi connectivity index (χ1v) is 12.9. The zero-order valence-electron chi connectivity index (χ0n) is 19.2. The number of aromatic nitrogens is 1. The van der Waals surface area contributed by atoms with Gasteiger partial charge in [0.2, 0.25) is 10.0 Å². The summed E-state index contributed by atoms with van der Waals surface area (Å²) in [5, 5.41) is 2.86. The molecule has 1 aliphatic heterocycles. The molecule has 2 heterocycles. The minimum absolute atomic E-state index is 0.0351. The number of nitrogens with zero attached hydrogens (tertiary/aromatic N) is 2. The molecule has 1 N–H and O–H groups in total. The molecule has 1 atom stereocenters. The van der Waals surface area contributed by atoms with Crippen molar-refractivity contribution < 1.29 is 17.9 Å². The van der Waals surface area contributed by atoms with E-state index in [9.17, 15) is 13.2 Å². The number of sulfonamides is 1. The molecule has 4 rings (SSSR count). The Morgan fingerprint density at radius 2 is 1.91 bits per heavy atom. The Hall–Kier alpha value is -3.23. The van der Waals surface area contributed by atoms with Gasteiger partial charge in [0.1, 0.15) is 12.4 Å². The van der Waals surface area contributed by atoms with Crippen molar-refractivity contribution in [3.8, 4) is 5.75 Å². The summed E-state index contributed by atoms with van der Waals surface area (Å²) in [6.45, 7) is 3.15. The van der Waals surface area contributed by atoms with Crippen molar-refractivity contribution in [2.45, 2.75) is 50.3 Å². The van der Waals surface area contributed by atoms with Crippen molar-refractivity contribution in [1.82, 2.24) is 14.6 Å². The van der Waals surface area contributed by atoms with Gasteiger partial charge < -0.3 is 10.1 Å². The second kappa shape index (κ2) is 10.8. The van der Waals surface area contributed by atoms with Gasteiger partial charge in [-0.3, -0.25) is 9.78 Å². The maximum Gasteiger partial charge on any atom is 0.251 e. The van der Waals surface area contributed by atoms with E-state index >= 15 is 0 Å². The first-order valence-electron chi connectivity index (χ1n) is 11.5. The second-order valence-electron chi connectivity index (χ2n) is 8.42. The van der Waals surface area contributed by atoms with Crippen molar-refractivity contribution in [2.24, 2.45) is 0 Å². The van der Waals surface area contributed by atoms with Crippen molar-refractivity contribution in [1.29, 1.82) is 0 Å². The molecule has 0 saturated carbocycles. The van der Waals surface area contributed by atoms with Gasteiger partial charge in [-0.2, -0.15) is 4.31 Å². The number of piperidine rings is 1. The standard InChI is InChI=1S/C26H29N3O4S/c1-20-7-3-5-16-29(20)34(31,32)25-10-6-8-22(17-25)26(30)28-18-21-11-13-24(14-12-21)33-19-23-9-2-4-15-27-23/h2,4,6,8-15,17,20H,3,5,7,16,18-19H2,1H3,(H,28,30). The topological polar surface area (TPSA) is 88.6 Å². The quantitative estimate of drug-likeness (QED) is 0.524. The van der Waals surface area contributed by atoms with Crippen LogP contribution in [0.25, 0.3) is 0 Å². The van der Waals surface area contributed by atoms with Crippen molar-refractivity contribution in [3.05, 3.63) is 89.7 Å². The minimum Gasteiger partial charge on any atom is -0.487 e. The number of rotatable bonds is 8. The van der Waals surface area contributed by atoms with Crippen molar-refractivity contribution in [3.63, 3.8) is 0 Å². The summed E-state index contributed by atoms with van der Waals surface area (Å²) < 4.78 is 33.5. The van der Waals surface area contributed by atoms with Gasteiger partial charge in [0, 0.05) is 30.9 Å². The molecule has 1 aliphatic rings. The number of hydrogen-bond acceptors (Lipinski definition) is 5. The van der Waals surface area contributed by atoms with Gasteiger partial charge in [-0.15, -0.1) is 0 Å². The number of nitrogens with one attached hydrogen (secondary N) is 1. The average Bonchev–Trinajstić information content (AvgIpc) is 2.87. The molecule has 1 saturated heterocycles. The molecule has 0 bridgehead atoms. The molecular weight excluding hydrogens is 450 g/mol. The molecule has 178 valence electrons. The van der Waals surface area contributed by atoms with E-state index in [-0.39, 0.29) is 16.8 Å². The lowest BCUT2D eigenvalue weighted by Crippen LogP contribution is -2.42. The van der Waals surface area contributed by atoms with Crippen LogP contribution in [0.15, 0.2) is 77.8 Å². The van der Waals surface area contributed by atoms with E-state index < -0.39 is 10.0 Å². The van der Waals surface area contributed by atoms with Gasteiger partial charge in [0.05, 0.1) is 10.6 Å². The molecule has 1 amide bonds. The van der Waals surface area contributed by atoms with Gasteiger partial charge in [-0.25, -0.2) is 8.42 Å². The molecule has 1 unspecified atom stereocenters. The fraction of sp³-hybridized carbons (Fsp3) is 0.308. The maximum atomic E-state index is 13.1. The van der Waals surface area contributed by atoms with Crippen LogP contribution >= 0.6 is 0 Å². The van der Waals surface area contributed by atoms with Gasteiger partial charge in [-0.05, 0) is 67.8 Å². The third kappa shape index (κ3) is 5.81. The maximum absolute atomic E-state index is 13.1. The largest absolute Gasteiger partial charge is 0.487 e. The molecule has 7 nitrogen and oxygen atoms in total. The number of pyridine rings is 1. The summed E-state index contributed by atoms with van der Waals surface area (Å²) in [4.78, 5) is 17.1. The van der Waals surface area contributed by atoms with E-state index in [0.29, 0.717) is 31.0 Å². The van der Waals surface area contributed by atoms with Crippen molar-refractivity contribution in [2.75, 3.05) is 6.54 Å². The number of hydrogen-bond donors (Lipinski definition) is 1. The minimum atomic E-state index is -3.63. The molecule has 2 aromatic carbocycles. The molecule has 8 heteroatoms. The molecule has 3 aromatic rings. The highest BCUT2D eigenvalue weighted by molar-refractivity contribution is 7.89. The number of ether oxygens (including phenoxy) is 1. The van der Waals surface area contributed by atoms with Crippen LogP contribution in [0.2, 0.25) is 0 Å². The van der Waals surface area contributed by atoms with Crippen LogP contribution in [0.5, 0.6) is 5.75 Å². The van der Waals surface area contributed by atoms with E-state index in [1.165, 1.54) is 6.07 Å². The third-order valence-electron chi connectivity index (χ3n) is 5.93. The summed E-state index contributed by atoms with van der Waals surface area (Å²) in [6.07, 6.45) is 4.47. The van der Waals surface area contributed by atoms with Crippen LogP contribution in [-0.4, -0.2) is 36.2 Å². The van der Waals surface area contributed by atoms with Gasteiger partial charge >= 0.3 is 0 Å². The Balaban J connectivity index is 1.35. The van der Waals surface area contributed by atoms with E-state index in [0.717, 1.165) is 30.5 Å². The highest BCUT2D eigenvalue weighted by Crippen LogP contribution is 2.25. The Morgan fingerprint density at radius 3 is 2.65 bits per heavy atom. The van der Waals surface area contributed by atoms with E-state index in [1.807, 2.05) is 49.4 Å². The molecule has 1 fully saturated rings. The summed E-state index contributed by atoms with van der Waals surface area (Å²) in [5.41, 5.74) is 2.07. The van der Waals surface area contributed by atoms with Crippen LogP contribution in [0.4, 0.5) is 0 Å². The monoisotopic (exact) mass is 479 g/mol. The number of carbonyl (C=O) groups is 1. The lowest BCUT2D eigenvalue weighted by molar-refractivity contribution is 0.0950. The van der Waals surface area contributed by atoms with Gasteiger partial charge in [0.15, 0.2) is 0 Å². The summed E-state index contributed by atoms with van der Waals surface area (Å²) in [7, 11) is -3.63. The van der Waals surface area contributed by atoms with E-state index in [4.69, 9.17) is 4.74 Å². The van der Waals surface area contributed by atoms with E-state index in [2.05, 4.69) is 10.3 Å². The van der Waals surface area contributed by atoms with Crippen LogP contribution in [0, 0.1) is 0 Å². The average molecular weight is 480 g/mol. The zero-order chi connectivity index (χ0) is 24.0. The van der Waals surface area contributed by atoms with Crippen LogP contribution < -0.4 is 10.1 Å². The SMILES string of the molecule is CC1CCCCN1S(=O)(=O)c1cccc(C(=O)NCc2ccc(OCc3ccccn3)cc2)c1. The fourth-order valence-corrected chi connectivity index (χ4v) is 5.74. The lowest BCUT2D eigenvalue weighted by atomic mass is 10.1. The molecule has 34 heavy (non-hydrogen) atoms. The molecule has 0 radical (unpaired) electrons. The van der Waals surface area contributed by atoms with Crippen molar-refractivity contribution >= 4 is 15.9 Å². The predicted molar refractivity (Wildman–Crippen MR) is 130 cm³/mol. The summed E-state index contributed by atoms with van der Waals surface area (Å²) >= 11 is 0. The lowest BCUT2D eigenvalue weighted by Gasteiger charge is -2.32. The Morgan fingerprint density at radius 1 is 1.09 bits per heavy atom. The second-order valence-corrected chi connectivity index (χ2v) is 10.3. The van der Waals surface area contributed by atoms with Gasteiger partial charge in [-0.1, -0.05) is 30.7 Å². The normalized spacial score (nSPS) is 16.7. The van der Waals surface area contributed by atoms with Crippen LogP contribution in [0.3, 0.4) is 0 Å². The Kier molecular flexibility index (Phi) is 7.59. The van der Waals surface area contributed by atoms with Crippen LogP contribution in [-0.2, 0) is 23.2 Å². The highest BCUT2D eigenvalue weighted by atomic mass is 32.2. The summed E-state index contributed by atoms with van der Waals surface area (Å²) in [5.74, 6) is 0.393. The smallest absolute Gasteiger partial charge is 0.251 e. The first kappa shape index (κ1) is 23.9. The molecule has 1 aromatic heterocycles. The molecule has 0 spiro atoms. The Bertz CT molecular complexity index is 1210. The Labute approximate surface area is 200 Å². The summed E-state index contributed by atoms with van der Waals surface area (Å²) in [6, 6.07) is 19.3. The predicted octanol–water partition coefficient (Wildman–Crippen LogP) is 4.15. The third-order valence-corrected chi connectivity index (χ3v) is 7.94. The fourth-order valence-electron chi connectivity index (χ4n) is 3.99. The molecule has 0 aliphatic carbocycles.